The standard InChI is InChI=1S/C23H34N12O3.CH2O2/c1-23(2,3)7-9-24-18-14-20(29-22(28-18)25-8-6-13-10-33(4)11-26-13)35(12-27-14)21-16(37)15(36)17(38-21)19-30-32-34(5)31-19;2-1-3/h10-12,15-17,21,36-37H,6-9H2,1-5H3,(H2,24,25,28,29);1H,(H,2,3)/t15-,16+,17-,21+;/m0./s1. The van der Waals surface area contributed by atoms with Gasteiger partial charge in [0.25, 0.3) is 6.47 Å². The Hall–Kier alpha value is -4.22. The number of ether oxygens (including phenoxy) is 1. The lowest BCUT2D eigenvalue weighted by Crippen LogP contribution is -2.29. The summed E-state index contributed by atoms with van der Waals surface area (Å²) in [4.78, 5) is 27.9. The molecule has 1 aliphatic heterocycles. The van der Waals surface area contributed by atoms with Crippen LogP contribution in [0.4, 0.5) is 11.8 Å². The van der Waals surface area contributed by atoms with Crippen molar-refractivity contribution in [3.8, 4) is 0 Å². The molecule has 0 unspecified atom stereocenters. The second-order valence-electron chi connectivity index (χ2n) is 10.8. The molecule has 0 saturated carbocycles. The monoisotopic (exact) mass is 572 g/mol. The van der Waals surface area contributed by atoms with Crippen molar-refractivity contribution in [2.75, 3.05) is 23.7 Å². The lowest BCUT2D eigenvalue weighted by atomic mass is 9.92. The number of rotatable bonds is 9. The predicted octanol–water partition coefficient (Wildman–Crippen LogP) is 0.279. The SMILES string of the molecule is Cn1cnc(CCNc2nc(NCCC(C)(C)C)c3ncn([C@@H]4O[C@H](c5nnn(C)n5)[C@@H](O)[C@H]4O)c3n2)c1.O=CO. The third-order valence-electron chi connectivity index (χ3n) is 6.30. The Balaban J connectivity index is 0.00000124. The van der Waals surface area contributed by atoms with Crippen LogP contribution in [0.5, 0.6) is 0 Å². The van der Waals surface area contributed by atoms with Gasteiger partial charge in [-0.2, -0.15) is 14.8 Å². The van der Waals surface area contributed by atoms with E-state index in [0.717, 1.165) is 12.1 Å². The molecular weight excluding hydrogens is 536 g/mol. The Morgan fingerprint density at radius 1 is 1.07 bits per heavy atom. The van der Waals surface area contributed by atoms with Crippen molar-refractivity contribution in [1.82, 2.24) is 49.3 Å². The zero-order valence-corrected chi connectivity index (χ0v) is 23.6. The molecule has 17 nitrogen and oxygen atoms in total. The number of aryl methyl sites for hydroxylation is 2. The molecule has 5 heterocycles. The summed E-state index contributed by atoms with van der Waals surface area (Å²) < 4.78 is 9.52. The number of tetrazole rings is 1. The van der Waals surface area contributed by atoms with Gasteiger partial charge in [0.05, 0.1) is 25.4 Å². The largest absolute Gasteiger partial charge is 0.483 e. The number of carboxylic acid groups (broad SMARTS) is 1. The molecule has 1 aliphatic rings. The number of fused-ring (bicyclic) bond motifs is 1. The van der Waals surface area contributed by atoms with Crippen LogP contribution >= 0.6 is 0 Å². The zero-order valence-electron chi connectivity index (χ0n) is 23.6. The first-order chi connectivity index (χ1) is 19.5. The number of nitrogens with one attached hydrogen (secondary N) is 2. The van der Waals surface area contributed by atoms with Crippen LogP contribution in [0.1, 0.15) is 51.0 Å². The molecule has 4 atom stereocenters. The van der Waals surface area contributed by atoms with Crippen LogP contribution < -0.4 is 10.6 Å². The fourth-order valence-corrected chi connectivity index (χ4v) is 4.27. The summed E-state index contributed by atoms with van der Waals surface area (Å²) in [5.74, 6) is 1.15. The van der Waals surface area contributed by atoms with Crippen LogP contribution in [-0.4, -0.2) is 96.4 Å². The first-order valence-electron chi connectivity index (χ1n) is 13.0. The molecule has 0 amide bonds. The van der Waals surface area contributed by atoms with Crippen LogP contribution in [0.25, 0.3) is 11.2 Å². The van der Waals surface area contributed by atoms with Gasteiger partial charge < -0.3 is 35.3 Å². The normalized spacial score (nSPS) is 20.6. The van der Waals surface area contributed by atoms with E-state index >= 15 is 0 Å². The minimum atomic E-state index is -1.27. The Labute approximate surface area is 235 Å². The number of anilines is 2. The van der Waals surface area contributed by atoms with Gasteiger partial charge >= 0.3 is 0 Å². The van der Waals surface area contributed by atoms with Gasteiger partial charge in [0.15, 0.2) is 29.3 Å². The molecule has 0 spiro atoms. The van der Waals surface area contributed by atoms with E-state index in [1.165, 1.54) is 11.1 Å². The molecule has 0 radical (unpaired) electrons. The Morgan fingerprint density at radius 2 is 1.83 bits per heavy atom. The maximum atomic E-state index is 10.9. The minimum Gasteiger partial charge on any atom is -0.483 e. The Bertz CT molecular complexity index is 1440. The predicted molar refractivity (Wildman–Crippen MR) is 146 cm³/mol. The van der Waals surface area contributed by atoms with E-state index in [0.29, 0.717) is 42.4 Å². The maximum absolute atomic E-state index is 10.9. The molecule has 41 heavy (non-hydrogen) atoms. The first kappa shape index (κ1) is 29.8. The van der Waals surface area contributed by atoms with Crippen LogP contribution in [0.2, 0.25) is 0 Å². The van der Waals surface area contributed by atoms with E-state index in [-0.39, 0.29) is 17.7 Å². The van der Waals surface area contributed by atoms with Crippen molar-refractivity contribution in [2.45, 2.75) is 58.2 Å². The third-order valence-corrected chi connectivity index (χ3v) is 6.30. The lowest BCUT2D eigenvalue weighted by molar-refractivity contribution is -0.122. The average Bonchev–Trinajstić information content (AvgIpc) is 3.68. The van der Waals surface area contributed by atoms with Gasteiger partial charge in [-0.1, -0.05) is 20.8 Å². The molecule has 222 valence electrons. The topological polar surface area (TPSA) is 216 Å². The number of hydrogen-bond donors (Lipinski definition) is 5. The number of hydrogen-bond acceptors (Lipinski definition) is 13. The highest BCUT2D eigenvalue weighted by atomic mass is 16.6. The highest BCUT2D eigenvalue weighted by Crippen LogP contribution is 2.39. The Morgan fingerprint density at radius 3 is 2.46 bits per heavy atom. The average molecular weight is 573 g/mol. The molecule has 0 aromatic carbocycles. The van der Waals surface area contributed by atoms with E-state index in [4.69, 9.17) is 14.6 Å². The molecule has 1 saturated heterocycles. The molecule has 17 heteroatoms. The van der Waals surface area contributed by atoms with Crippen molar-refractivity contribution in [1.29, 1.82) is 0 Å². The van der Waals surface area contributed by atoms with Gasteiger partial charge in [0.2, 0.25) is 11.8 Å². The van der Waals surface area contributed by atoms with E-state index in [9.17, 15) is 10.2 Å². The molecule has 1 fully saturated rings. The second-order valence-corrected chi connectivity index (χ2v) is 10.8. The molecule has 0 bridgehead atoms. The summed E-state index contributed by atoms with van der Waals surface area (Å²) in [6.07, 6.45) is 2.41. The van der Waals surface area contributed by atoms with Crippen LogP contribution in [-0.2, 0) is 30.0 Å². The number of aliphatic hydroxyl groups is 2. The fraction of sp³-hybridized carbons (Fsp3) is 0.583. The fourth-order valence-electron chi connectivity index (χ4n) is 4.27. The van der Waals surface area contributed by atoms with Gasteiger partial charge in [-0.3, -0.25) is 9.36 Å². The van der Waals surface area contributed by atoms with Gasteiger partial charge in [-0.25, -0.2) is 9.97 Å². The van der Waals surface area contributed by atoms with Gasteiger partial charge in [-0.05, 0) is 17.0 Å². The highest BCUT2D eigenvalue weighted by molar-refractivity contribution is 5.84. The quantitative estimate of drug-likeness (QED) is 0.170. The summed E-state index contributed by atoms with van der Waals surface area (Å²) in [5, 5.41) is 47.0. The van der Waals surface area contributed by atoms with Gasteiger partial charge in [-0.15, -0.1) is 10.2 Å². The summed E-state index contributed by atoms with van der Waals surface area (Å²) >= 11 is 0. The molecule has 4 aromatic heterocycles. The van der Waals surface area contributed by atoms with Gasteiger partial charge in [0, 0.05) is 32.8 Å². The molecule has 5 N–H and O–H groups in total. The van der Waals surface area contributed by atoms with Crippen LogP contribution in [0, 0.1) is 5.41 Å². The van der Waals surface area contributed by atoms with E-state index in [1.807, 2.05) is 17.8 Å². The van der Waals surface area contributed by atoms with E-state index < -0.39 is 24.5 Å². The number of nitrogens with zero attached hydrogens (tertiary/aromatic N) is 10. The summed E-state index contributed by atoms with van der Waals surface area (Å²) in [5.41, 5.74) is 2.07. The summed E-state index contributed by atoms with van der Waals surface area (Å²) in [6, 6.07) is 0. The van der Waals surface area contributed by atoms with Crippen molar-refractivity contribution in [3.05, 3.63) is 30.4 Å². The van der Waals surface area contributed by atoms with Crippen molar-refractivity contribution in [2.24, 2.45) is 19.5 Å². The molecule has 0 aliphatic carbocycles. The minimum absolute atomic E-state index is 0.142. The Kier molecular flexibility index (Phi) is 9.09. The summed E-state index contributed by atoms with van der Waals surface area (Å²) in [7, 11) is 3.54. The second kappa shape index (κ2) is 12.5. The van der Waals surface area contributed by atoms with E-state index in [2.05, 4.69) is 66.8 Å². The van der Waals surface area contributed by atoms with Crippen LogP contribution in [0.15, 0.2) is 18.9 Å². The third kappa shape index (κ3) is 7.11. The number of aromatic nitrogens is 10. The lowest BCUT2D eigenvalue weighted by Gasteiger charge is -2.19. The van der Waals surface area contributed by atoms with Crippen LogP contribution in [0.3, 0.4) is 0 Å². The number of carbonyl (C=O) groups is 1. The molecule has 4 aromatic rings. The smallest absolute Gasteiger partial charge is 0.290 e. The van der Waals surface area contributed by atoms with Crippen molar-refractivity contribution in [3.63, 3.8) is 0 Å². The first-order valence-corrected chi connectivity index (χ1v) is 13.0. The molecular formula is C24H36N12O5. The number of imidazole rings is 2. The summed E-state index contributed by atoms with van der Waals surface area (Å²) in [6.45, 7) is 7.54. The van der Waals surface area contributed by atoms with Crippen molar-refractivity contribution < 1.29 is 24.9 Å². The van der Waals surface area contributed by atoms with Crippen molar-refractivity contribution >= 4 is 29.4 Å². The maximum Gasteiger partial charge on any atom is 0.290 e. The van der Waals surface area contributed by atoms with Gasteiger partial charge in [0.1, 0.15) is 12.2 Å². The zero-order chi connectivity index (χ0) is 29.7. The number of aliphatic hydroxyl groups excluding tert-OH is 2. The van der Waals surface area contributed by atoms with E-state index in [1.54, 1.807) is 17.9 Å². The molecule has 5 rings (SSSR count). The highest BCUT2D eigenvalue weighted by Gasteiger charge is 2.47.